The van der Waals surface area contributed by atoms with Crippen molar-refractivity contribution in [1.29, 1.82) is 0 Å². The molecule has 2 rings (SSSR count). The minimum atomic E-state index is -0.519. The molecule has 2 amide bonds. The zero-order valence-corrected chi connectivity index (χ0v) is 13.0. The lowest BCUT2D eigenvalue weighted by Gasteiger charge is -2.23. The number of rotatable bonds is 7. The van der Waals surface area contributed by atoms with Crippen LogP contribution in [0.25, 0.3) is 0 Å². The van der Waals surface area contributed by atoms with Crippen LogP contribution in [0.15, 0.2) is 11.4 Å². The lowest BCUT2D eigenvalue weighted by molar-refractivity contribution is -0.117. The van der Waals surface area contributed by atoms with Crippen molar-refractivity contribution in [3.8, 4) is 0 Å². The van der Waals surface area contributed by atoms with E-state index in [-0.39, 0.29) is 5.91 Å². The Bertz CT molecular complexity index is 497. The number of primary amides is 1. The SMILES string of the molecule is CCN(CC(=O)Nc1sccc1C(N)=O)CC1CCCN1. The molecule has 1 aromatic heterocycles. The average molecular weight is 310 g/mol. The Labute approximate surface area is 128 Å². The van der Waals surface area contributed by atoms with Crippen molar-refractivity contribution in [1.82, 2.24) is 10.2 Å². The van der Waals surface area contributed by atoms with Crippen LogP contribution >= 0.6 is 11.3 Å². The standard InChI is InChI=1S/C14H22N4O2S/c1-2-18(8-10-4-3-6-16-10)9-12(19)17-14-11(13(15)20)5-7-21-14/h5,7,10,16H,2-4,6,8-9H2,1H3,(H2,15,20)(H,17,19). The van der Waals surface area contributed by atoms with E-state index in [1.807, 2.05) is 6.92 Å². The number of carbonyl (C=O) groups excluding carboxylic acids is 2. The summed E-state index contributed by atoms with van der Waals surface area (Å²) in [5.41, 5.74) is 5.64. The van der Waals surface area contributed by atoms with Crippen LogP contribution in [-0.2, 0) is 4.79 Å². The first-order valence-electron chi connectivity index (χ1n) is 7.23. The quantitative estimate of drug-likeness (QED) is 0.697. The fraction of sp³-hybridized carbons (Fsp3) is 0.571. The lowest BCUT2D eigenvalue weighted by atomic mass is 10.2. The van der Waals surface area contributed by atoms with Gasteiger partial charge in [0.2, 0.25) is 5.91 Å². The maximum atomic E-state index is 12.1. The van der Waals surface area contributed by atoms with Crippen molar-refractivity contribution < 1.29 is 9.59 Å². The van der Waals surface area contributed by atoms with Crippen molar-refractivity contribution in [2.45, 2.75) is 25.8 Å². The third-order valence-electron chi connectivity index (χ3n) is 3.64. The topological polar surface area (TPSA) is 87.5 Å². The smallest absolute Gasteiger partial charge is 0.251 e. The first kappa shape index (κ1) is 15.9. The molecule has 7 heteroatoms. The van der Waals surface area contributed by atoms with E-state index in [0.29, 0.717) is 23.2 Å². The molecule has 1 atom stereocenters. The number of amides is 2. The van der Waals surface area contributed by atoms with E-state index >= 15 is 0 Å². The van der Waals surface area contributed by atoms with Crippen LogP contribution in [0, 0.1) is 0 Å². The van der Waals surface area contributed by atoms with Gasteiger partial charge in [-0.25, -0.2) is 0 Å². The van der Waals surface area contributed by atoms with Gasteiger partial charge < -0.3 is 16.4 Å². The summed E-state index contributed by atoms with van der Waals surface area (Å²) in [6, 6.07) is 2.10. The molecule has 0 radical (unpaired) electrons. The largest absolute Gasteiger partial charge is 0.366 e. The molecule has 21 heavy (non-hydrogen) atoms. The summed E-state index contributed by atoms with van der Waals surface area (Å²) in [6.07, 6.45) is 2.36. The monoisotopic (exact) mass is 310 g/mol. The van der Waals surface area contributed by atoms with Crippen molar-refractivity contribution in [3.63, 3.8) is 0 Å². The van der Waals surface area contributed by atoms with Crippen LogP contribution in [-0.4, -0.2) is 48.9 Å². The molecule has 0 aliphatic carbocycles. The van der Waals surface area contributed by atoms with Gasteiger partial charge in [-0.2, -0.15) is 0 Å². The number of nitrogens with zero attached hydrogens (tertiary/aromatic N) is 1. The Morgan fingerprint density at radius 1 is 1.57 bits per heavy atom. The van der Waals surface area contributed by atoms with Crippen LogP contribution in [0.5, 0.6) is 0 Å². The summed E-state index contributed by atoms with van der Waals surface area (Å²) < 4.78 is 0. The molecule has 0 aromatic carbocycles. The molecular formula is C14H22N4O2S. The predicted molar refractivity (Wildman–Crippen MR) is 84.6 cm³/mol. The van der Waals surface area contributed by atoms with Crippen molar-refractivity contribution in [2.24, 2.45) is 5.73 Å². The molecule has 1 saturated heterocycles. The summed E-state index contributed by atoms with van der Waals surface area (Å²) >= 11 is 1.31. The maximum Gasteiger partial charge on any atom is 0.251 e. The fourth-order valence-electron chi connectivity index (χ4n) is 2.50. The molecule has 0 saturated carbocycles. The highest BCUT2D eigenvalue weighted by Gasteiger charge is 2.19. The Kier molecular flexibility index (Phi) is 5.72. The molecule has 2 heterocycles. The molecule has 1 aliphatic heterocycles. The van der Waals surface area contributed by atoms with Gasteiger partial charge in [0.25, 0.3) is 5.91 Å². The molecule has 1 unspecified atom stereocenters. The molecule has 4 N–H and O–H groups in total. The third-order valence-corrected chi connectivity index (χ3v) is 4.47. The van der Waals surface area contributed by atoms with E-state index in [0.717, 1.165) is 26.1 Å². The van der Waals surface area contributed by atoms with Crippen LogP contribution in [0.4, 0.5) is 5.00 Å². The van der Waals surface area contributed by atoms with E-state index < -0.39 is 5.91 Å². The average Bonchev–Trinajstić information content (AvgIpc) is 3.09. The maximum absolute atomic E-state index is 12.1. The molecule has 0 spiro atoms. The number of thiophene rings is 1. The Hall–Kier alpha value is -1.44. The van der Waals surface area contributed by atoms with Gasteiger partial charge in [0.05, 0.1) is 12.1 Å². The van der Waals surface area contributed by atoms with Gasteiger partial charge in [-0.3, -0.25) is 14.5 Å². The fourth-order valence-corrected chi connectivity index (χ4v) is 3.31. The second-order valence-corrected chi connectivity index (χ2v) is 6.11. The second-order valence-electron chi connectivity index (χ2n) is 5.20. The van der Waals surface area contributed by atoms with Crippen molar-refractivity contribution in [2.75, 3.05) is 31.5 Å². The molecule has 116 valence electrons. The zero-order valence-electron chi connectivity index (χ0n) is 12.2. The number of carbonyl (C=O) groups is 2. The molecule has 1 fully saturated rings. The van der Waals surface area contributed by atoms with E-state index in [1.54, 1.807) is 11.4 Å². The number of anilines is 1. The van der Waals surface area contributed by atoms with Crippen LogP contribution in [0.2, 0.25) is 0 Å². The minimum Gasteiger partial charge on any atom is -0.366 e. The third kappa shape index (κ3) is 4.52. The minimum absolute atomic E-state index is 0.111. The van der Waals surface area contributed by atoms with Gasteiger partial charge in [0, 0.05) is 12.6 Å². The van der Waals surface area contributed by atoms with Gasteiger partial charge >= 0.3 is 0 Å². The number of hydrogen-bond donors (Lipinski definition) is 3. The number of hydrogen-bond acceptors (Lipinski definition) is 5. The highest BCUT2D eigenvalue weighted by atomic mass is 32.1. The van der Waals surface area contributed by atoms with E-state index in [9.17, 15) is 9.59 Å². The van der Waals surface area contributed by atoms with Gasteiger partial charge in [0.15, 0.2) is 0 Å². The number of likely N-dealkylation sites (N-methyl/N-ethyl adjacent to an activating group) is 1. The van der Waals surface area contributed by atoms with Gasteiger partial charge in [-0.05, 0) is 37.4 Å². The highest BCUT2D eigenvalue weighted by molar-refractivity contribution is 7.14. The highest BCUT2D eigenvalue weighted by Crippen LogP contribution is 2.22. The van der Waals surface area contributed by atoms with Crippen molar-refractivity contribution >= 4 is 28.2 Å². The lowest BCUT2D eigenvalue weighted by Crippen LogP contribution is -2.41. The molecule has 1 aromatic rings. The van der Waals surface area contributed by atoms with Gasteiger partial charge in [0.1, 0.15) is 5.00 Å². The van der Waals surface area contributed by atoms with E-state index in [1.165, 1.54) is 17.8 Å². The molecule has 6 nitrogen and oxygen atoms in total. The van der Waals surface area contributed by atoms with Crippen molar-refractivity contribution in [3.05, 3.63) is 17.0 Å². The molecule has 1 aliphatic rings. The molecular weight excluding hydrogens is 288 g/mol. The second kappa shape index (κ2) is 7.53. The van der Waals surface area contributed by atoms with Gasteiger partial charge in [-0.1, -0.05) is 6.92 Å². The van der Waals surface area contributed by atoms with Gasteiger partial charge in [-0.15, -0.1) is 11.3 Å². The Morgan fingerprint density at radius 2 is 2.38 bits per heavy atom. The normalized spacial score (nSPS) is 18.1. The molecule has 0 bridgehead atoms. The first-order valence-corrected chi connectivity index (χ1v) is 8.11. The summed E-state index contributed by atoms with van der Waals surface area (Å²) in [5.74, 6) is -0.631. The van der Waals surface area contributed by atoms with E-state index in [2.05, 4.69) is 15.5 Å². The Morgan fingerprint density at radius 3 is 3.00 bits per heavy atom. The van der Waals surface area contributed by atoms with Crippen LogP contribution in [0.3, 0.4) is 0 Å². The number of nitrogens with two attached hydrogens (primary N) is 1. The Balaban J connectivity index is 1.87. The van der Waals surface area contributed by atoms with E-state index in [4.69, 9.17) is 5.73 Å². The zero-order chi connectivity index (χ0) is 15.2. The predicted octanol–water partition coefficient (Wildman–Crippen LogP) is 0.859. The summed E-state index contributed by atoms with van der Waals surface area (Å²) in [7, 11) is 0. The number of nitrogens with one attached hydrogen (secondary N) is 2. The summed E-state index contributed by atoms with van der Waals surface area (Å²) in [4.78, 5) is 25.4. The first-order chi connectivity index (χ1) is 10.1. The van der Waals surface area contributed by atoms with Crippen LogP contribution in [0.1, 0.15) is 30.1 Å². The summed E-state index contributed by atoms with van der Waals surface area (Å²) in [6.45, 7) is 5.12. The van der Waals surface area contributed by atoms with Crippen LogP contribution < -0.4 is 16.4 Å². The summed E-state index contributed by atoms with van der Waals surface area (Å²) in [5, 5.41) is 8.49.